The van der Waals surface area contributed by atoms with Crippen LogP contribution >= 0.6 is 0 Å². The summed E-state index contributed by atoms with van der Waals surface area (Å²) in [6.45, 7) is 7.29. The van der Waals surface area contributed by atoms with Gasteiger partial charge < -0.3 is 15.8 Å². The molecule has 1 rings (SSSR count). The summed E-state index contributed by atoms with van der Waals surface area (Å²) in [5.41, 5.74) is 6.14. The van der Waals surface area contributed by atoms with Crippen molar-refractivity contribution in [3.8, 4) is 5.75 Å². The average molecular weight is 292 g/mol. The zero-order chi connectivity index (χ0) is 15.7. The van der Waals surface area contributed by atoms with E-state index >= 15 is 0 Å². The van der Waals surface area contributed by atoms with Crippen LogP contribution in [0.5, 0.6) is 5.75 Å². The van der Waals surface area contributed by atoms with Crippen molar-refractivity contribution in [1.29, 1.82) is 0 Å². The lowest BCUT2D eigenvalue weighted by atomic mass is 9.95. The fourth-order valence-electron chi connectivity index (χ4n) is 2.35. The van der Waals surface area contributed by atoms with Crippen LogP contribution < -0.4 is 15.8 Å². The number of amides is 1. The second kappa shape index (κ2) is 8.67. The minimum atomic E-state index is -0.650. The second-order valence-corrected chi connectivity index (χ2v) is 5.57. The van der Waals surface area contributed by atoms with Gasteiger partial charge in [0.25, 0.3) is 0 Å². The van der Waals surface area contributed by atoms with Gasteiger partial charge in [0.2, 0.25) is 5.91 Å². The third kappa shape index (κ3) is 5.76. The number of nitrogens with two attached hydrogens (primary N) is 1. The molecule has 1 amide bonds. The highest BCUT2D eigenvalue weighted by Crippen LogP contribution is 2.16. The Morgan fingerprint density at radius 1 is 1.29 bits per heavy atom. The Kier molecular flexibility index (Phi) is 7.23. The number of benzene rings is 1. The van der Waals surface area contributed by atoms with Gasteiger partial charge in [-0.25, -0.2) is 0 Å². The number of rotatable bonds is 10. The van der Waals surface area contributed by atoms with Crippen LogP contribution in [0.25, 0.3) is 0 Å². The molecule has 0 radical (unpaired) electrons. The van der Waals surface area contributed by atoms with Crippen LogP contribution in [-0.4, -0.2) is 24.6 Å². The number of hydrogen-bond acceptors (Lipinski definition) is 3. The molecule has 0 aromatic heterocycles. The smallest absolute Gasteiger partial charge is 0.237 e. The van der Waals surface area contributed by atoms with Crippen molar-refractivity contribution in [3.63, 3.8) is 0 Å². The maximum Gasteiger partial charge on any atom is 0.237 e. The van der Waals surface area contributed by atoms with Crippen molar-refractivity contribution in [2.24, 2.45) is 5.73 Å². The molecule has 1 aromatic carbocycles. The van der Waals surface area contributed by atoms with Crippen LogP contribution in [0.2, 0.25) is 0 Å². The number of aryl methyl sites for hydroxylation is 1. The van der Waals surface area contributed by atoms with Crippen LogP contribution in [-0.2, 0) is 11.2 Å². The average Bonchev–Trinajstić information content (AvgIpc) is 2.46. The summed E-state index contributed by atoms with van der Waals surface area (Å²) in [4.78, 5) is 11.5. The zero-order valence-electron chi connectivity index (χ0n) is 13.4. The molecule has 1 aromatic rings. The summed E-state index contributed by atoms with van der Waals surface area (Å²) >= 11 is 0. The van der Waals surface area contributed by atoms with E-state index in [0.29, 0.717) is 13.0 Å². The second-order valence-electron chi connectivity index (χ2n) is 5.57. The molecule has 0 spiro atoms. The van der Waals surface area contributed by atoms with E-state index in [1.165, 1.54) is 5.56 Å². The Morgan fingerprint density at radius 2 is 1.95 bits per heavy atom. The fraction of sp³-hybridized carbons (Fsp3) is 0.588. The Labute approximate surface area is 128 Å². The maximum atomic E-state index is 11.5. The number of likely N-dealkylation sites (N-methyl/N-ethyl adjacent to an activating group) is 1. The molecule has 3 N–H and O–H groups in total. The number of hydrogen-bond donors (Lipinski definition) is 2. The lowest BCUT2D eigenvalue weighted by molar-refractivity contribution is -0.124. The molecule has 0 saturated carbocycles. The van der Waals surface area contributed by atoms with E-state index in [0.717, 1.165) is 31.6 Å². The first kappa shape index (κ1) is 17.5. The summed E-state index contributed by atoms with van der Waals surface area (Å²) in [6, 6.07) is 8.21. The molecule has 4 heteroatoms. The largest absolute Gasteiger partial charge is 0.494 e. The number of nitrogens with one attached hydrogen (secondary N) is 1. The quantitative estimate of drug-likeness (QED) is 0.652. The minimum absolute atomic E-state index is 0.312. The Hall–Kier alpha value is -1.55. The van der Waals surface area contributed by atoms with E-state index < -0.39 is 5.54 Å². The van der Waals surface area contributed by atoms with Gasteiger partial charge >= 0.3 is 0 Å². The summed E-state index contributed by atoms with van der Waals surface area (Å²) in [6.07, 6.45) is 3.70. The Bertz CT molecular complexity index is 431. The van der Waals surface area contributed by atoms with E-state index in [-0.39, 0.29) is 5.91 Å². The first-order valence-electron chi connectivity index (χ1n) is 7.78. The van der Waals surface area contributed by atoms with E-state index in [9.17, 15) is 4.79 Å². The van der Waals surface area contributed by atoms with Gasteiger partial charge in [-0.1, -0.05) is 32.4 Å². The van der Waals surface area contributed by atoms with Crippen molar-refractivity contribution in [3.05, 3.63) is 29.8 Å². The van der Waals surface area contributed by atoms with Gasteiger partial charge in [0.05, 0.1) is 12.1 Å². The Balaban J connectivity index is 2.37. The topological polar surface area (TPSA) is 64.3 Å². The third-order valence-electron chi connectivity index (χ3n) is 3.66. The van der Waals surface area contributed by atoms with E-state index in [2.05, 4.69) is 24.4 Å². The molecule has 4 nitrogen and oxygen atoms in total. The predicted molar refractivity (Wildman–Crippen MR) is 86.4 cm³/mol. The molecule has 0 aliphatic rings. The standard InChI is InChI=1S/C17H28N2O2/c1-4-7-14-8-10-15(11-9-14)21-13-6-12-17(3,16(18)20)19-5-2/h8-11,19H,4-7,12-13H2,1-3H3,(H2,18,20). The molecule has 0 heterocycles. The highest BCUT2D eigenvalue weighted by atomic mass is 16.5. The summed E-state index contributed by atoms with van der Waals surface area (Å²) < 4.78 is 5.71. The van der Waals surface area contributed by atoms with E-state index in [4.69, 9.17) is 10.5 Å². The van der Waals surface area contributed by atoms with Crippen molar-refractivity contribution >= 4 is 5.91 Å². The molecule has 0 bridgehead atoms. The van der Waals surface area contributed by atoms with Gasteiger partial charge in [0.1, 0.15) is 5.75 Å². The lowest BCUT2D eigenvalue weighted by Crippen LogP contribution is -2.53. The zero-order valence-corrected chi connectivity index (χ0v) is 13.4. The number of carbonyl (C=O) groups is 1. The van der Waals surface area contributed by atoms with Crippen molar-refractivity contribution in [2.45, 2.75) is 52.0 Å². The number of ether oxygens (including phenoxy) is 1. The molecule has 0 aliphatic carbocycles. The van der Waals surface area contributed by atoms with Gasteiger partial charge in [0.15, 0.2) is 0 Å². The number of carbonyl (C=O) groups excluding carboxylic acids is 1. The van der Waals surface area contributed by atoms with Crippen molar-refractivity contribution in [2.75, 3.05) is 13.2 Å². The normalized spacial score (nSPS) is 13.7. The van der Waals surface area contributed by atoms with Crippen LogP contribution in [0.3, 0.4) is 0 Å². The van der Waals surface area contributed by atoms with Crippen molar-refractivity contribution in [1.82, 2.24) is 5.32 Å². The highest BCUT2D eigenvalue weighted by molar-refractivity contribution is 5.84. The first-order chi connectivity index (χ1) is 10.0. The summed E-state index contributed by atoms with van der Waals surface area (Å²) in [5.74, 6) is 0.562. The third-order valence-corrected chi connectivity index (χ3v) is 3.66. The molecule has 1 unspecified atom stereocenters. The molecule has 21 heavy (non-hydrogen) atoms. The molecular formula is C17H28N2O2. The van der Waals surface area contributed by atoms with Crippen LogP contribution in [0.1, 0.15) is 45.6 Å². The summed E-state index contributed by atoms with van der Waals surface area (Å²) in [5, 5.41) is 3.15. The number of primary amides is 1. The predicted octanol–water partition coefficient (Wildman–Crippen LogP) is 2.65. The minimum Gasteiger partial charge on any atom is -0.494 e. The molecule has 0 fully saturated rings. The molecular weight excluding hydrogens is 264 g/mol. The molecule has 0 saturated heterocycles. The van der Waals surface area contributed by atoms with Gasteiger partial charge in [0, 0.05) is 0 Å². The highest BCUT2D eigenvalue weighted by Gasteiger charge is 2.28. The monoisotopic (exact) mass is 292 g/mol. The molecule has 1 atom stereocenters. The fourth-order valence-corrected chi connectivity index (χ4v) is 2.35. The van der Waals surface area contributed by atoms with E-state index in [1.807, 2.05) is 26.0 Å². The first-order valence-corrected chi connectivity index (χ1v) is 7.78. The van der Waals surface area contributed by atoms with E-state index in [1.54, 1.807) is 0 Å². The Morgan fingerprint density at radius 3 is 2.48 bits per heavy atom. The maximum absolute atomic E-state index is 11.5. The molecule has 0 aliphatic heterocycles. The summed E-state index contributed by atoms with van der Waals surface area (Å²) in [7, 11) is 0. The SMILES string of the molecule is CCCc1ccc(OCCCC(C)(NCC)C(N)=O)cc1. The van der Waals surface area contributed by atoms with Gasteiger partial charge in [-0.15, -0.1) is 0 Å². The lowest BCUT2D eigenvalue weighted by Gasteiger charge is -2.26. The van der Waals surface area contributed by atoms with Crippen LogP contribution in [0.4, 0.5) is 0 Å². The molecule has 118 valence electrons. The van der Waals surface area contributed by atoms with Gasteiger partial charge in [-0.3, -0.25) is 4.79 Å². The van der Waals surface area contributed by atoms with Gasteiger partial charge in [-0.2, -0.15) is 0 Å². The van der Waals surface area contributed by atoms with Crippen molar-refractivity contribution < 1.29 is 9.53 Å². The van der Waals surface area contributed by atoms with Crippen LogP contribution in [0.15, 0.2) is 24.3 Å². The van der Waals surface area contributed by atoms with Crippen LogP contribution in [0, 0.1) is 0 Å². The van der Waals surface area contributed by atoms with Gasteiger partial charge in [-0.05, 0) is 50.4 Å².